The van der Waals surface area contributed by atoms with E-state index in [4.69, 9.17) is 0 Å². The summed E-state index contributed by atoms with van der Waals surface area (Å²) in [6.07, 6.45) is -10.5. The van der Waals surface area contributed by atoms with Crippen molar-refractivity contribution in [3.8, 4) is 5.75 Å². The molecule has 25 heavy (non-hydrogen) atoms. The van der Waals surface area contributed by atoms with Gasteiger partial charge in [0, 0.05) is 18.9 Å². The molecule has 0 fully saturated rings. The second-order valence-electron chi connectivity index (χ2n) is 4.85. The number of aromatic nitrogens is 2. The molecule has 0 unspecified atom stereocenters. The molecule has 0 aliphatic carbocycles. The van der Waals surface area contributed by atoms with Gasteiger partial charge in [0.2, 0.25) is 0 Å². The zero-order chi connectivity index (χ0) is 18.8. The molecular weight excluding hydrogens is 356 g/mol. The van der Waals surface area contributed by atoms with E-state index in [0.717, 1.165) is 35.1 Å². The molecular formula is C14H11F6N3O2. The first-order chi connectivity index (χ1) is 11.6. The van der Waals surface area contributed by atoms with E-state index in [1.807, 2.05) is 0 Å². The van der Waals surface area contributed by atoms with Crippen molar-refractivity contribution in [2.75, 3.05) is 5.32 Å². The number of carbonyl (C=O) groups excluding carboxylic acids is 1. The van der Waals surface area contributed by atoms with Gasteiger partial charge in [-0.25, -0.2) is 8.78 Å². The fraction of sp³-hybridized carbons (Fsp3) is 0.286. The number of hydrogen-bond donors (Lipinski definition) is 1. The highest BCUT2D eigenvalue weighted by molar-refractivity contribution is 6.05. The van der Waals surface area contributed by atoms with Gasteiger partial charge >= 0.3 is 12.5 Å². The summed E-state index contributed by atoms with van der Waals surface area (Å²) in [4.78, 5) is 12.0. The van der Waals surface area contributed by atoms with Crippen LogP contribution in [-0.2, 0) is 7.05 Å². The fourth-order valence-electron chi connectivity index (χ4n) is 1.85. The highest BCUT2D eigenvalue weighted by atomic mass is 19.3. The van der Waals surface area contributed by atoms with Crippen molar-refractivity contribution in [3.63, 3.8) is 0 Å². The lowest BCUT2D eigenvalue weighted by molar-refractivity contribution is -0.253. The molecule has 11 heteroatoms. The molecule has 0 spiro atoms. The third-order valence-electron chi connectivity index (χ3n) is 2.93. The van der Waals surface area contributed by atoms with Crippen molar-refractivity contribution in [2.45, 2.75) is 19.0 Å². The van der Waals surface area contributed by atoms with Crippen LogP contribution in [0.25, 0.3) is 0 Å². The number of halogens is 6. The van der Waals surface area contributed by atoms with Crippen molar-refractivity contribution in [1.29, 1.82) is 0 Å². The number of aryl methyl sites for hydroxylation is 1. The summed E-state index contributed by atoms with van der Waals surface area (Å²) >= 11 is 0. The molecule has 2 aromatic rings. The third-order valence-corrected chi connectivity index (χ3v) is 2.93. The number of nitrogens with zero attached hydrogens (tertiary/aromatic N) is 2. The number of anilines is 1. The number of hydrogen-bond acceptors (Lipinski definition) is 3. The summed E-state index contributed by atoms with van der Waals surface area (Å²) in [5.41, 5.74) is -1.01. The Morgan fingerprint density at radius 2 is 1.80 bits per heavy atom. The number of carbonyl (C=O) groups is 1. The van der Waals surface area contributed by atoms with Crippen LogP contribution in [0.1, 0.15) is 22.5 Å². The Kier molecular flexibility index (Phi) is 5.24. The van der Waals surface area contributed by atoms with E-state index in [1.54, 1.807) is 0 Å². The lowest BCUT2D eigenvalue weighted by Gasteiger charge is -2.16. The first kappa shape index (κ1) is 18.6. The summed E-state index contributed by atoms with van der Waals surface area (Å²) < 4.78 is 80.1. The maximum atomic E-state index is 12.8. The van der Waals surface area contributed by atoms with E-state index >= 15 is 0 Å². The standard InChI is InChI=1S/C14H11F6N3O2/c1-23-6-9(10(22-23)11(15)16)12(24)21-7-2-4-8(5-3-7)25-14(19,20)13(17)18/h2-6,11,13H,1H3,(H,21,24). The van der Waals surface area contributed by atoms with Crippen LogP contribution >= 0.6 is 0 Å². The molecule has 0 atom stereocenters. The second kappa shape index (κ2) is 7.03. The minimum Gasteiger partial charge on any atom is -0.428 e. The third kappa shape index (κ3) is 4.43. The van der Waals surface area contributed by atoms with Gasteiger partial charge in [-0.05, 0) is 24.3 Å². The molecule has 1 N–H and O–H groups in total. The van der Waals surface area contributed by atoms with Crippen molar-refractivity contribution >= 4 is 11.6 Å². The average molecular weight is 367 g/mol. The Labute approximate surface area is 137 Å². The van der Waals surface area contributed by atoms with Gasteiger partial charge in [0.15, 0.2) is 0 Å². The summed E-state index contributed by atoms with van der Waals surface area (Å²) in [6, 6.07) is 4.02. The molecule has 0 bridgehead atoms. The van der Waals surface area contributed by atoms with Crippen molar-refractivity contribution in [2.24, 2.45) is 7.05 Å². The monoisotopic (exact) mass is 367 g/mol. The largest absolute Gasteiger partial charge is 0.461 e. The number of benzene rings is 1. The van der Waals surface area contributed by atoms with Crippen LogP contribution in [0.15, 0.2) is 30.5 Å². The van der Waals surface area contributed by atoms with E-state index < -0.39 is 36.3 Å². The Hall–Kier alpha value is -2.72. The predicted octanol–water partition coefficient (Wildman–Crippen LogP) is 3.85. The minimum absolute atomic E-state index is 0.0572. The SMILES string of the molecule is Cn1cc(C(=O)Nc2ccc(OC(F)(F)C(F)F)cc2)c(C(F)F)n1. The zero-order valence-electron chi connectivity index (χ0n) is 12.5. The first-order valence-electron chi connectivity index (χ1n) is 6.68. The van der Waals surface area contributed by atoms with Crippen LogP contribution in [0.4, 0.5) is 32.0 Å². The molecule has 0 saturated carbocycles. The molecule has 0 aliphatic rings. The smallest absolute Gasteiger partial charge is 0.428 e. The highest BCUT2D eigenvalue weighted by Crippen LogP contribution is 2.28. The second-order valence-corrected chi connectivity index (χ2v) is 4.85. The van der Waals surface area contributed by atoms with Crippen LogP contribution < -0.4 is 10.1 Å². The molecule has 2 rings (SSSR count). The van der Waals surface area contributed by atoms with Crippen LogP contribution in [0.5, 0.6) is 5.75 Å². The lowest BCUT2D eigenvalue weighted by atomic mass is 10.2. The van der Waals surface area contributed by atoms with Crippen LogP contribution in [0.2, 0.25) is 0 Å². The topological polar surface area (TPSA) is 56.2 Å². The summed E-state index contributed by atoms with van der Waals surface area (Å²) in [5.74, 6) is -1.45. The van der Waals surface area contributed by atoms with Crippen LogP contribution in [-0.4, -0.2) is 28.2 Å². The van der Waals surface area contributed by atoms with Crippen LogP contribution in [0.3, 0.4) is 0 Å². The zero-order valence-corrected chi connectivity index (χ0v) is 12.5. The summed E-state index contributed by atoms with van der Waals surface area (Å²) in [7, 11) is 1.36. The predicted molar refractivity (Wildman–Crippen MR) is 74.1 cm³/mol. The summed E-state index contributed by atoms with van der Waals surface area (Å²) in [6.45, 7) is 0. The van der Waals surface area contributed by atoms with Gasteiger partial charge in [-0.15, -0.1) is 0 Å². The van der Waals surface area contributed by atoms with E-state index in [0.29, 0.717) is 0 Å². The van der Waals surface area contributed by atoms with Gasteiger partial charge < -0.3 is 10.1 Å². The molecule has 0 aliphatic heterocycles. The van der Waals surface area contributed by atoms with E-state index in [9.17, 15) is 31.1 Å². The molecule has 1 aromatic carbocycles. The van der Waals surface area contributed by atoms with Gasteiger partial charge in [-0.1, -0.05) is 0 Å². The van der Waals surface area contributed by atoms with E-state index in [2.05, 4.69) is 15.2 Å². The Balaban J connectivity index is 2.10. The normalized spacial score (nSPS) is 11.9. The van der Waals surface area contributed by atoms with Crippen molar-refractivity contribution in [3.05, 3.63) is 41.7 Å². The van der Waals surface area contributed by atoms with Crippen molar-refractivity contribution in [1.82, 2.24) is 9.78 Å². The molecule has 5 nitrogen and oxygen atoms in total. The van der Waals surface area contributed by atoms with E-state index in [1.165, 1.54) is 7.05 Å². The van der Waals surface area contributed by atoms with E-state index in [-0.39, 0.29) is 11.3 Å². The Morgan fingerprint density at radius 3 is 2.32 bits per heavy atom. The molecule has 136 valence electrons. The fourth-order valence-corrected chi connectivity index (χ4v) is 1.85. The molecule has 1 amide bonds. The lowest BCUT2D eigenvalue weighted by Crippen LogP contribution is -2.33. The number of alkyl halides is 6. The average Bonchev–Trinajstić information content (AvgIpc) is 2.91. The molecule has 1 aromatic heterocycles. The van der Waals surface area contributed by atoms with Crippen LogP contribution in [0, 0.1) is 0 Å². The number of ether oxygens (including phenoxy) is 1. The molecule has 1 heterocycles. The first-order valence-corrected chi connectivity index (χ1v) is 6.68. The maximum Gasteiger partial charge on any atom is 0.461 e. The Morgan fingerprint density at radius 1 is 1.20 bits per heavy atom. The number of amides is 1. The van der Waals surface area contributed by atoms with Gasteiger partial charge in [-0.3, -0.25) is 9.48 Å². The highest BCUT2D eigenvalue weighted by Gasteiger charge is 2.43. The summed E-state index contributed by atoms with van der Waals surface area (Å²) in [5, 5.41) is 5.74. The van der Waals surface area contributed by atoms with Gasteiger partial charge in [0.25, 0.3) is 12.3 Å². The molecule has 0 saturated heterocycles. The van der Waals surface area contributed by atoms with Gasteiger partial charge in [-0.2, -0.15) is 22.7 Å². The maximum absolute atomic E-state index is 12.8. The Bertz CT molecular complexity index is 746. The van der Waals surface area contributed by atoms with Gasteiger partial charge in [0.05, 0.1) is 5.56 Å². The minimum atomic E-state index is -4.66. The quantitative estimate of drug-likeness (QED) is 0.790. The molecule has 0 radical (unpaired) electrons. The number of rotatable bonds is 6. The van der Waals surface area contributed by atoms with Crippen molar-refractivity contribution < 1.29 is 35.9 Å². The van der Waals surface area contributed by atoms with Gasteiger partial charge in [0.1, 0.15) is 11.4 Å². The number of nitrogens with one attached hydrogen (secondary N) is 1.